The molecule has 7 heteroatoms. The van der Waals surface area contributed by atoms with Crippen LogP contribution in [0.4, 0.5) is 10.1 Å². The third kappa shape index (κ3) is 5.47. The average Bonchev–Trinajstić information content (AvgIpc) is 3.40. The van der Waals surface area contributed by atoms with Gasteiger partial charge in [-0.1, -0.05) is 37.3 Å². The molecule has 1 aromatic heterocycles. The van der Waals surface area contributed by atoms with Crippen LogP contribution in [0.2, 0.25) is 0 Å². The molecule has 1 aliphatic rings. The Kier molecular flexibility index (Phi) is 7.26. The van der Waals surface area contributed by atoms with Crippen LogP contribution >= 0.6 is 0 Å². The van der Waals surface area contributed by atoms with Crippen molar-refractivity contribution < 1.29 is 23.1 Å². The summed E-state index contributed by atoms with van der Waals surface area (Å²) >= 11 is 0. The van der Waals surface area contributed by atoms with Crippen molar-refractivity contribution in [1.82, 2.24) is 4.90 Å². The first-order valence-corrected chi connectivity index (χ1v) is 12.7. The molecular formula is C31H29FN2O4. The molecule has 0 bridgehead atoms. The fourth-order valence-electron chi connectivity index (χ4n) is 4.84. The third-order valence-corrected chi connectivity index (χ3v) is 6.68. The predicted molar refractivity (Wildman–Crippen MR) is 143 cm³/mol. The lowest BCUT2D eigenvalue weighted by atomic mass is 9.87. The number of carbonyl (C=O) groups excluding carboxylic acids is 2. The summed E-state index contributed by atoms with van der Waals surface area (Å²) in [5, 5.41) is 2.83. The Morgan fingerprint density at radius 2 is 1.89 bits per heavy atom. The van der Waals surface area contributed by atoms with E-state index in [1.165, 1.54) is 12.1 Å². The normalized spacial score (nSPS) is 14.6. The van der Waals surface area contributed by atoms with E-state index in [1.54, 1.807) is 18.2 Å². The quantitative estimate of drug-likeness (QED) is 0.309. The van der Waals surface area contributed by atoms with Crippen LogP contribution in [-0.2, 0) is 17.8 Å². The molecule has 6 nitrogen and oxygen atoms in total. The number of carbonyl (C=O) groups is 2. The van der Waals surface area contributed by atoms with Gasteiger partial charge in [-0.15, -0.1) is 0 Å². The van der Waals surface area contributed by atoms with Crippen molar-refractivity contribution in [1.29, 1.82) is 0 Å². The number of amides is 2. The van der Waals surface area contributed by atoms with Gasteiger partial charge in [0, 0.05) is 18.7 Å². The maximum Gasteiger partial charge on any atom is 0.291 e. The number of furan rings is 1. The highest BCUT2D eigenvalue weighted by atomic mass is 19.1. The van der Waals surface area contributed by atoms with E-state index in [-0.39, 0.29) is 30.0 Å². The minimum atomic E-state index is -0.397. The van der Waals surface area contributed by atoms with Crippen molar-refractivity contribution in [2.75, 3.05) is 11.9 Å². The van der Waals surface area contributed by atoms with Gasteiger partial charge in [-0.3, -0.25) is 9.59 Å². The highest BCUT2D eigenvalue weighted by Crippen LogP contribution is 2.38. The minimum Gasteiger partial charge on any atom is -0.486 e. The van der Waals surface area contributed by atoms with Crippen molar-refractivity contribution in [3.05, 3.63) is 118 Å². The zero-order chi connectivity index (χ0) is 26.6. The smallest absolute Gasteiger partial charge is 0.291 e. The van der Waals surface area contributed by atoms with E-state index >= 15 is 0 Å². The summed E-state index contributed by atoms with van der Waals surface area (Å²) in [5.74, 6) is 0.624. The van der Waals surface area contributed by atoms with Gasteiger partial charge < -0.3 is 19.4 Å². The number of ether oxygens (including phenoxy) is 1. The van der Waals surface area contributed by atoms with Crippen molar-refractivity contribution >= 4 is 17.5 Å². The summed E-state index contributed by atoms with van der Waals surface area (Å²) in [5.41, 5.74) is 4.48. The molecule has 0 aliphatic carbocycles. The number of rotatable bonds is 7. The van der Waals surface area contributed by atoms with Crippen LogP contribution in [0.3, 0.4) is 0 Å². The summed E-state index contributed by atoms with van der Waals surface area (Å²) in [6.07, 6.45) is 1.08. The first kappa shape index (κ1) is 25.3. The van der Waals surface area contributed by atoms with Gasteiger partial charge in [-0.05, 0) is 84.1 Å². The first-order chi connectivity index (χ1) is 18.4. The summed E-state index contributed by atoms with van der Waals surface area (Å²) in [7, 11) is 0. The Hall–Kier alpha value is -4.39. The van der Waals surface area contributed by atoms with Gasteiger partial charge in [-0.2, -0.15) is 0 Å². The van der Waals surface area contributed by atoms with Crippen LogP contribution in [-0.4, -0.2) is 23.3 Å². The summed E-state index contributed by atoms with van der Waals surface area (Å²) in [6.45, 7) is 4.48. The Morgan fingerprint density at radius 3 is 2.68 bits per heavy atom. The van der Waals surface area contributed by atoms with Gasteiger partial charge in [-0.25, -0.2) is 4.39 Å². The monoisotopic (exact) mass is 512 g/mol. The van der Waals surface area contributed by atoms with E-state index in [0.717, 1.165) is 22.3 Å². The molecule has 1 atom stereocenters. The first-order valence-electron chi connectivity index (χ1n) is 12.7. The topological polar surface area (TPSA) is 71.8 Å². The fraction of sp³-hybridized carbons (Fsp3) is 0.226. The molecular weight excluding hydrogens is 483 g/mol. The molecule has 1 N–H and O–H groups in total. The second-order valence-corrected chi connectivity index (χ2v) is 9.39. The van der Waals surface area contributed by atoms with Crippen molar-refractivity contribution in [3.8, 4) is 5.75 Å². The molecule has 1 aliphatic heterocycles. The second-order valence-electron chi connectivity index (χ2n) is 9.39. The maximum absolute atomic E-state index is 14.1. The average molecular weight is 513 g/mol. The predicted octanol–water partition coefficient (Wildman–Crippen LogP) is 6.44. The zero-order valence-electron chi connectivity index (χ0n) is 21.4. The summed E-state index contributed by atoms with van der Waals surface area (Å²) in [6, 6.07) is 22.6. The molecule has 4 aromatic rings. The lowest BCUT2D eigenvalue weighted by molar-refractivity contribution is -0.132. The van der Waals surface area contributed by atoms with Crippen LogP contribution in [0.1, 0.15) is 58.0 Å². The lowest BCUT2D eigenvalue weighted by Gasteiger charge is -2.38. The van der Waals surface area contributed by atoms with Crippen LogP contribution in [0.15, 0.2) is 83.3 Å². The van der Waals surface area contributed by atoms with Gasteiger partial charge >= 0.3 is 0 Å². The molecule has 194 valence electrons. The van der Waals surface area contributed by atoms with Gasteiger partial charge in [0.2, 0.25) is 5.91 Å². The van der Waals surface area contributed by atoms with Crippen molar-refractivity contribution in [2.24, 2.45) is 0 Å². The maximum atomic E-state index is 14.1. The van der Waals surface area contributed by atoms with Crippen LogP contribution < -0.4 is 10.1 Å². The number of fused-ring (bicyclic) bond motifs is 1. The zero-order valence-corrected chi connectivity index (χ0v) is 21.4. The van der Waals surface area contributed by atoms with Crippen LogP contribution in [0.25, 0.3) is 0 Å². The molecule has 1 unspecified atom stereocenters. The van der Waals surface area contributed by atoms with E-state index in [9.17, 15) is 14.0 Å². The number of aryl methyl sites for hydroxylation is 1. The number of nitrogens with one attached hydrogen (secondary N) is 1. The highest BCUT2D eigenvalue weighted by Gasteiger charge is 2.32. The van der Waals surface area contributed by atoms with E-state index in [0.29, 0.717) is 36.6 Å². The second kappa shape index (κ2) is 10.9. The molecule has 0 radical (unpaired) electrons. The fourth-order valence-corrected chi connectivity index (χ4v) is 4.84. The van der Waals surface area contributed by atoms with Gasteiger partial charge in [0.25, 0.3) is 5.91 Å². The Morgan fingerprint density at radius 1 is 1.05 bits per heavy atom. The Balaban J connectivity index is 1.33. The molecule has 2 heterocycles. The largest absolute Gasteiger partial charge is 0.486 e. The molecule has 2 amide bonds. The van der Waals surface area contributed by atoms with Crippen molar-refractivity contribution in [3.63, 3.8) is 0 Å². The van der Waals surface area contributed by atoms with Gasteiger partial charge in [0.15, 0.2) is 5.76 Å². The van der Waals surface area contributed by atoms with Gasteiger partial charge in [0.05, 0.1) is 6.04 Å². The SMILES string of the molecule is CCC(=O)N1CCc2ccc(OCc3ccc(C(=O)Nc4cccc(C)c4)o3)cc2C1c1cccc(F)c1. The highest BCUT2D eigenvalue weighted by molar-refractivity contribution is 6.02. The number of anilines is 1. The summed E-state index contributed by atoms with van der Waals surface area (Å²) < 4.78 is 25.9. The van der Waals surface area contributed by atoms with Crippen LogP contribution in [0.5, 0.6) is 5.75 Å². The molecule has 0 saturated carbocycles. The standard InChI is InChI=1S/C31H29FN2O4/c1-3-29(35)34-15-14-21-10-11-25(18-27(21)30(34)22-7-5-8-23(32)17-22)37-19-26-12-13-28(38-26)31(36)33-24-9-4-6-20(2)16-24/h4-13,16-18,30H,3,14-15,19H2,1-2H3,(H,33,36). The number of halogens is 1. The lowest BCUT2D eigenvalue weighted by Crippen LogP contribution is -2.40. The number of nitrogens with zero attached hydrogens (tertiary/aromatic N) is 1. The van der Waals surface area contributed by atoms with E-state index < -0.39 is 6.04 Å². The van der Waals surface area contributed by atoms with Gasteiger partial charge in [0.1, 0.15) is 23.9 Å². The number of hydrogen-bond acceptors (Lipinski definition) is 4. The molecule has 3 aromatic carbocycles. The molecule has 0 saturated heterocycles. The molecule has 0 spiro atoms. The molecule has 5 rings (SSSR count). The minimum absolute atomic E-state index is 0.0169. The molecule has 38 heavy (non-hydrogen) atoms. The van der Waals surface area contributed by atoms with E-state index in [1.807, 2.05) is 67.3 Å². The third-order valence-electron chi connectivity index (χ3n) is 6.68. The Bertz CT molecular complexity index is 1480. The van der Waals surface area contributed by atoms with Crippen molar-refractivity contribution in [2.45, 2.75) is 39.3 Å². The number of hydrogen-bond donors (Lipinski definition) is 1. The van der Waals surface area contributed by atoms with E-state index in [2.05, 4.69) is 5.32 Å². The van der Waals surface area contributed by atoms with E-state index in [4.69, 9.17) is 9.15 Å². The molecule has 0 fully saturated rings. The number of benzene rings is 3. The Labute approximate surface area is 221 Å². The summed E-state index contributed by atoms with van der Waals surface area (Å²) in [4.78, 5) is 27.2. The van der Waals surface area contributed by atoms with Crippen LogP contribution in [0, 0.1) is 12.7 Å².